The number of nitrogens with one attached hydrogen (secondary N) is 1. The average Bonchev–Trinajstić information content (AvgIpc) is 2.90. The molecule has 2 aliphatic rings. The van der Waals surface area contributed by atoms with E-state index in [1.54, 1.807) is 0 Å². The lowest BCUT2D eigenvalue weighted by molar-refractivity contribution is 0.188. The maximum Gasteiger partial charge on any atom is 0.0226 e. The fraction of sp³-hybridized carbons (Fsp3) is 1.00. The molecule has 3 unspecified atom stereocenters. The molecular weight excluding hydrogens is 234 g/mol. The lowest BCUT2D eigenvalue weighted by atomic mass is 9.93. The zero-order chi connectivity index (χ0) is 13.8. The van der Waals surface area contributed by atoms with E-state index in [-0.39, 0.29) is 0 Å². The van der Waals surface area contributed by atoms with Gasteiger partial charge in [-0.05, 0) is 51.2 Å². The molecule has 3 atom stereocenters. The summed E-state index contributed by atoms with van der Waals surface area (Å²) >= 11 is 0. The van der Waals surface area contributed by atoms with Crippen molar-refractivity contribution in [3.63, 3.8) is 0 Å². The Morgan fingerprint density at radius 2 is 1.95 bits per heavy atom. The SMILES string of the molecule is CC(C)CN(CCN(C)C)CC1NCC2CCCC21. The van der Waals surface area contributed by atoms with Gasteiger partial charge in [-0.2, -0.15) is 0 Å². The van der Waals surface area contributed by atoms with Crippen molar-refractivity contribution in [3.05, 3.63) is 0 Å². The summed E-state index contributed by atoms with van der Waals surface area (Å²) < 4.78 is 0. The van der Waals surface area contributed by atoms with E-state index in [0.717, 1.165) is 23.8 Å². The van der Waals surface area contributed by atoms with Gasteiger partial charge in [0, 0.05) is 32.2 Å². The maximum atomic E-state index is 3.79. The van der Waals surface area contributed by atoms with E-state index in [1.165, 1.54) is 52.0 Å². The molecule has 3 nitrogen and oxygen atoms in total. The number of hydrogen-bond acceptors (Lipinski definition) is 3. The molecule has 0 aromatic carbocycles. The smallest absolute Gasteiger partial charge is 0.0226 e. The predicted molar refractivity (Wildman–Crippen MR) is 82.5 cm³/mol. The van der Waals surface area contributed by atoms with Gasteiger partial charge in [-0.25, -0.2) is 0 Å². The topological polar surface area (TPSA) is 18.5 Å². The zero-order valence-electron chi connectivity index (χ0n) is 13.4. The van der Waals surface area contributed by atoms with Crippen LogP contribution in [-0.2, 0) is 0 Å². The highest BCUT2D eigenvalue weighted by atomic mass is 15.2. The van der Waals surface area contributed by atoms with Crippen LogP contribution in [0.3, 0.4) is 0 Å². The van der Waals surface area contributed by atoms with Crippen molar-refractivity contribution in [1.82, 2.24) is 15.1 Å². The van der Waals surface area contributed by atoms with Crippen LogP contribution in [0.1, 0.15) is 33.1 Å². The molecule has 1 heterocycles. The first kappa shape index (κ1) is 15.3. The lowest BCUT2D eigenvalue weighted by Crippen LogP contribution is -2.44. The first-order valence-corrected chi connectivity index (χ1v) is 8.16. The molecule has 1 N–H and O–H groups in total. The van der Waals surface area contributed by atoms with Crippen LogP contribution < -0.4 is 5.32 Å². The maximum absolute atomic E-state index is 3.79. The van der Waals surface area contributed by atoms with Crippen molar-refractivity contribution < 1.29 is 0 Å². The Labute approximate surface area is 119 Å². The fourth-order valence-corrected chi connectivity index (χ4v) is 3.90. The molecule has 2 rings (SSSR count). The average molecular weight is 267 g/mol. The standard InChI is InChI=1S/C16H33N3/c1-13(2)11-19(9-8-18(3)4)12-16-15-7-5-6-14(15)10-17-16/h13-17H,5-12H2,1-4H3. The Bertz CT molecular complexity index is 265. The van der Waals surface area contributed by atoms with Crippen LogP contribution in [0.4, 0.5) is 0 Å². The van der Waals surface area contributed by atoms with Crippen molar-refractivity contribution in [3.8, 4) is 0 Å². The second kappa shape index (κ2) is 7.05. The summed E-state index contributed by atoms with van der Waals surface area (Å²) in [5.74, 6) is 2.72. The summed E-state index contributed by atoms with van der Waals surface area (Å²) in [5.41, 5.74) is 0. The van der Waals surface area contributed by atoms with E-state index in [1.807, 2.05) is 0 Å². The van der Waals surface area contributed by atoms with Crippen LogP contribution >= 0.6 is 0 Å². The van der Waals surface area contributed by atoms with Crippen LogP contribution in [0.5, 0.6) is 0 Å². The zero-order valence-corrected chi connectivity index (χ0v) is 13.4. The minimum Gasteiger partial charge on any atom is -0.312 e. The van der Waals surface area contributed by atoms with Crippen molar-refractivity contribution >= 4 is 0 Å². The van der Waals surface area contributed by atoms with E-state index in [0.29, 0.717) is 0 Å². The van der Waals surface area contributed by atoms with Gasteiger partial charge in [0.1, 0.15) is 0 Å². The molecule has 1 aliphatic carbocycles. The molecule has 1 saturated heterocycles. The van der Waals surface area contributed by atoms with Crippen molar-refractivity contribution in [2.45, 2.75) is 39.2 Å². The minimum absolute atomic E-state index is 0.758. The second-order valence-electron chi connectivity index (χ2n) is 7.33. The highest BCUT2D eigenvalue weighted by molar-refractivity contribution is 4.95. The molecule has 0 bridgehead atoms. The van der Waals surface area contributed by atoms with Gasteiger partial charge >= 0.3 is 0 Å². The lowest BCUT2D eigenvalue weighted by Gasteiger charge is -2.30. The quantitative estimate of drug-likeness (QED) is 0.760. The third-order valence-corrected chi connectivity index (χ3v) is 4.82. The first-order valence-electron chi connectivity index (χ1n) is 8.16. The summed E-state index contributed by atoms with van der Waals surface area (Å²) in [7, 11) is 4.35. The Hall–Kier alpha value is -0.120. The summed E-state index contributed by atoms with van der Waals surface area (Å²) in [6.45, 7) is 10.8. The van der Waals surface area contributed by atoms with E-state index in [4.69, 9.17) is 0 Å². The predicted octanol–water partition coefficient (Wildman–Crippen LogP) is 1.89. The molecule has 112 valence electrons. The molecule has 0 amide bonds. The summed E-state index contributed by atoms with van der Waals surface area (Å²) in [5, 5.41) is 3.79. The van der Waals surface area contributed by atoms with Crippen molar-refractivity contribution in [1.29, 1.82) is 0 Å². The van der Waals surface area contributed by atoms with E-state index in [2.05, 4.69) is 43.1 Å². The van der Waals surface area contributed by atoms with Crippen LogP contribution in [0, 0.1) is 17.8 Å². The van der Waals surface area contributed by atoms with E-state index in [9.17, 15) is 0 Å². The monoisotopic (exact) mass is 267 g/mol. The minimum atomic E-state index is 0.758. The molecule has 0 spiro atoms. The second-order valence-corrected chi connectivity index (χ2v) is 7.33. The normalized spacial score (nSPS) is 30.8. The molecule has 3 heteroatoms. The molecule has 1 saturated carbocycles. The summed E-state index contributed by atoms with van der Waals surface area (Å²) in [4.78, 5) is 4.98. The van der Waals surface area contributed by atoms with Crippen LogP contribution in [0.2, 0.25) is 0 Å². The number of hydrogen-bond donors (Lipinski definition) is 1. The van der Waals surface area contributed by atoms with Crippen molar-refractivity contribution in [2.75, 3.05) is 46.8 Å². The molecule has 0 aromatic rings. The summed E-state index contributed by atoms with van der Waals surface area (Å²) in [6.07, 6.45) is 4.40. The highest BCUT2D eigenvalue weighted by Gasteiger charge is 2.39. The van der Waals surface area contributed by atoms with Gasteiger partial charge < -0.3 is 15.1 Å². The molecule has 1 aliphatic heterocycles. The van der Waals surface area contributed by atoms with Crippen LogP contribution in [-0.4, -0.2) is 62.7 Å². The molecule has 2 fully saturated rings. The summed E-state index contributed by atoms with van der Waals surface area (Å²) in [6, 6.07) is 0.758. The van der Waals surface area contributed by atoms with Gasteiger partial charge in [0.25, 0.3) is 0 Å². The first-order chi connectivity index (χ1) is 9.06. The Morgan fingerprint density at radius 1 is 1.16 bits per heavy atom. The molecule has 19 heavy (non-hydrogen) atoms. The number of rotatable bonds is 7. The molecular formula is C16H33N3. The van der Waals surface area contributed by atoms with Gasteiger partial charge in [-0.15, -0.1) is 0 Å². The van der Waals surface area contributed by atoms with Crippen LogP contribution in [0.25, 0.3) is 0 Å². The Kier molecular flexibility index (Phi) is 5.67. The van der Waals surface area contributed by atoms with Gasteiger partial charge in [0.15, 0.2) is 0 Å². The number of fused-ring (bicyclic) bond motifs is 1. The Balaban J connectivity index is 1.84. The molecule has 0 aromatic heterocycles. The Morgan fingerprint density at radius 3 is 2.63 bits per heavy atom. The van der Waals surface area contributed by atoms with Crippen LogP contribution in [0.15, 0.2) is 0 Å². The van der Waals surface area contributed by atoms with Gasteiger partial charge in [0.2, 0.25) is 0 Å². The largest absolute Gasteiger partial charge is 0.312 e. The third kappa shape index (κ3) is 4.44. The number of likely N-dealkylation sites (N-methyl/N-ethyl adjacent to an activating group) is 1. The third-order valence-electron chi connectivity index (χ3n) is 4.82. The van der Waals surface area contributed by atoms with Gasteiger partial charge in [-0.3, -0.25) is 0 Å². The van der Waals surface area contributed by atoms with Gasteiger partial charge in [0.05, 0.1) is 0 Å². The number of nitrogens with zero attached hydrogens (tertiary/aromatic N) is 2. The van der Waals surface area contributed by atoms with Gasteiger partial charge in [-0.1, -0.05) is 20.3 Å². The fourth-order valence-electron chi connectivity index (χ4n) is 3.90. The van der Waals surface area contributed by atoms with Crippen molar-refractivity contribution in [2.24, 2.45) is 17.8 Å². The highest BCUT2D eigenvalue weighted by Crippen LogP contribution is 2.37. The van der Waals surface area contributed by atoms with E-state index >= 15 is 0 Å². The van der Waals surface area contributed by atoms with E-state index < -0.39 is 0 Å². The molecule has 0 radical (unpaired) electrons.